The maximum atomic E-state index is 6.20. The van der Waals surface area contributed by atoms with E-state index in [1.54, 1.807) is 0 Å². The van der Waals surface area contributed by atoms with Gasteiger partial charge in [-0.3, -0.25) is 9.80 Å². The Morgan fingerprint density at radius 2 is 1.55 bits per heavy atom. The molecule has 0 amide bonds. The number of aromatic nitrogens is 2. The summed E-state index contributed by atoms with van der Waals surface area (Å²) >= 11 is 6.03. The minimum atomic E-state index is -0.0248. The predicted molar refractivity (Wildman–Crippen MR) is 123 cm³/mol. The van der Waals surface area contributed by atoms with Gasteiger partial charge in [-0.1, -0.05) is 61.2 Å². The van der Waals surface area contributed by atoms with E-state index in [4.69, 9.17) is 16.0 Å². The van der Waals surface area contributed by atoms with Gasteiger partial charge in [0.2, 0.25) is 11.8 Å². The van der Waals surface area contributed by atoms with Crippen molar-refractivity contribution in [2.75, 3.05) is 26.2 Å². The first kappa shape index (κ1) is 20.7. The first-order valence-corrected chi connectivity index (χ1v) is 11.8. The van der Waals surface area contributed by atoms with Crippen LogP contribution >= 0.6 is 11.6 Å². The van der Waals surface area contributed by atoms with Gasteiger partial charge in [-0.2, -0.15) is 0 Å². The van der Waals surface area contributed by atoms with E-state index in [9.17, 15) is 0 Å². The van der Waals surface area contributed by atoms with Crippen molar-refractivity contribution in [1.82, 2.24) is 20.0 Å². The van der Waals surface area contributed by atoms with Gasteiger partial charge in [-0.15, -0.1) is 10.2 Å². The SMILES string of the molecule is Clc1ccc(-c2nnc(C(c3ccccc3)N3CCN(C4CCCCC4)CC3)o2)cc1. The normalized spacial score (nSPS) is 20.0. The summed E-state index contributed by atoms with van der Waals surface area (Å²) in [6.07, 6.45) is 6.88. The van der Waals surface area contributed by atoms with Crippen LogP contribution in [-0.2, 0) is 0 Å². The summed E-state index contributed by atoms with van der Waals surface area (Å²) < 4.78 is 6.20. The van der Waals surface area contributed by atoms with Gasteiger partial charge < -0.3 is 4.42 Å². The molecule has 31 heavy (non-hydrogen) atoms. The lowest BCUT2D eigenvalue weighted by atomic mass is 9.93. The maximum absolute atomic E-state index is 6.20. The molecular weight excluding hydrogens is 408 g/mol. The van der Waals surface area contributed by atoms with Gasteiger partial charge in [0.1, 0.15) is 6.04 Å². The summed E-state index contributed by atoms with van der Waals surface area (Å²) in [7, 11) is 0. The molecule has 5 rings (SSSR count). The Morgan fingerprint density at radius 1 is 0.839 bits per heavy atom. The number of nitrogens with zero attached hydrogens (tertiary/aromatic N) is 4. The summed E-state index contributed by atoms with van der Waals surface area (Å²) in [6, 6.07) is 18.8. The van der Waals surface area contributed by atoms with Crippen LogP contribution in [0, 0.1) is 0 Å². The Labute approximate surface area is 189 Å². The van der Waals surface area contributed by atoms with Crippen LogP contribution in [0.1, 0.15) is 49.6 Å². The van der Waals surface area contributed by atoms with Gasteiger partial charge in [0, 0.05) is 42.8 Å². The number of benzene rings is 2. The van der Waals surface area contributed by atoms with Crippen molar-refractivity contribution in [2.24, 2.45) is 0 Å². The van der Waals surface area contributed by atoms with Gasteiger partial charge >= 0.3 is 0 Å². The number of rotatable bonds is 5. The first-order valence-electron chi connectivity index (χ1n) is 11.4. The second-order valence-electron chi connectivity index (χ2n) is 8.63. The standard InChI is InChI=1S/C25H29ClN4O/c26-21-13-11-20(12-14-21)24-27-28-25(31-24)23(19-7-3-1-4-8-19)30-17-15-29(16-18-30)22-9-5-2-6-10-22/h1,3-4,7-8,11-14,22-23H,2,5-6,9-10,15-18H2. The van der Waals surface area contributed by atoms with Crippen LogP contribution < -0.4 is 0 Å². The molecule has 1 atom stereocenters. The number of halogens is 1. The Bertz CT molecular complexity index is 961. The third-order valence-electron chi connectivity index (χ3n) is 6.69. The highest BCUT2D eigenvalue weighted by molar-refractivity contribution is 6.30. The molecule has 3 aromatic rings. The Morgan fingerprint density at radius 3 is 2.26 bits per heavy atom. The van der Waals surface area contributed by atoms with Crippen molar-refractivity contribution in [3.8, 4) is 11.5 Å². The quantitative estimate of drug-likeness (QED) is 0.533. The van der Waals surface area contributed by atoms with Crippen molar-refractivity contribution in [1.29, 1.82) is 0 Å². The smallest absolute Gasteiger partial charge is 0.247 e. The minimum absolute atomic E-state index is 0.0248. The van der Waals surface area contributed by atoms with E-state index in [1.165, 1.54) is 37.7 Å². The maximum Gasteiger partial charge on any atom is 0.247 e. The van der Waals surface area contributed by atoms with E-state index in [2.05, 4.69) is 50.3 Å². The van der Waals surface area contributed by atoms with Crippen molar-refractivity contribution < 1.29 is 4.42 Å². The Hall–Kier alpha value is -2.21. The van der Waals surface area contributed by atoms with E-state index in [0.29, 0.717) is 16.8 Å². The molecule has 1 saturated carbocycles. The molecule has 2 aromatic carbocycles. The van der Waals surface area contributed by atoms with Crippen LogP contribution in [0.4, 0.5) is 0 Å². The molecule has 0 bridgehead atoms. The average Bonchev–Trinajstić information content (AvgIpc) is 3.31. The molecule has 2 heterocycles. The fourth-order valence-electron chi connectivity index (χ4n) is 5.01. The topological polar surface area (TPSA) is 45.4 Å². The number of hydrogen-bond donors (Lipinski definition) is 0. The molecule has 6 heteroatoms. The largest absolute Gasteiger partial charge is 0.419 e. The summed E-state index contributed by atoms with van der Waals surface area (Å²) in [5.74, 6) is 1.19. The summed E-state index contributed by atoms with van der Waals surface area (Å²) in [5, 5.41) is 9.52. The molecule has 1 aliphatic heterocycles. The predicted octanol–water partition coefficient (Wildman–Crippen LogP) is 5.43. The number of piperazine rings is 1. The Balaban J connectivity index is 1.37. The second-order valence-corrected chi connectivity index (χ2v) is 9.07. The molecule has 0 N–H and O–H groups in total. The van der Waals surface area contributed by atoms with Crippen molar-refractivity contribution >= 4 is 11.6 Å². The zero-order chi connectivity index (χ0) is 21.0. The molecule has 162 valence electrons. The van der Waals surface area contributed by atoms with E-state index in [1.807, 2.05) is 24.3 Å². The summed E-state index contributed by atoms with van der Waals surface area (Å²) in [5.41, 5.74) is 2.08. The van der Waals surface area contributed by atoms with E-state index in [-0.39, 0.29) is 6.04 Å². The third kappa shape index (κ3) is 4.69. The third-order valence-corrected chi connectivity index (χ3v) is 6.94. The zero-order valence-corrected chi connectivity index (χ0v) is 18.5. The molecule has 1 saturated heterocycles. The monoisotopic (exact) mass is 436 g/mol. The van der Waals surface area contributed by atoms with Crippen molar-refractivity contribution in [3.63, 3.8) is 0 Å². The van der Waals surface area contributed by atoms with Crippen molar-refractivity contribution in [2.45, 2.75) is 44.2 Å². The summed E-state index contributed by atoms with van der Waals surface area (Å²) in [6.45, 7) is 4.22. The van der Waals surface area contributed by atoms with E-state index < -0.39 is 0 Å². The molecular formula is C25H29ClN4O. The molecule has 2 aliphatic rings. The lowest BCUT2D eigenvalue weighted by Crippen LogP contribution is -2.51. The second kappa shape index (κ2) is 9.51. The Kier molecular flexibility index (Phi) is 6.35. The number of hydrogen-bond acceptors (Lipinski definition) is 5. The van der Waals surface area contributed by atoms with Crippen LogP contribution in [0.5, 0.6) is 0 Å². The van der Waals surface area contributed by atoms with Crippen LogP contribution in [0.15, 0.2) is 59.0 Å². The fourth-order valence-corrected chi connectivity index (χ4v) is 5.13. The van der Waals surface area contributed by atoms with E-state index in [0.717, 1.165) is 37.8 Å². The fraction of sp³-hybridized carbons (Fsp3) is 0.440. The summed E-state index contributed by atoms with van der Waals surface area (Å²) in [4.78, 5) is 5.19. The van der Waals surface area contributed by atoms with Crippen LogP contribution in [0.25, 0.3) is 11.5 Å². The highest BCUT2D eigenvalue weighted by atomic mass is 35.5. The van der Waals surface area contributed by atoms with Crippen molar-refractivity contribution in [3.05, 3.63) is 71.1 Å². The van der Waals surface area contributed by atoms with E-state index >= 15 is 0 Å². The van der Waals surface area contributed by atoms with Gasteiger partial charge in [-0.25, -0.2) is 0 Å². The lowest BCUT2D eigenvalue weighted by molar-refractivity contribution is 0.0591. The zero-order valence-electron chi connectivity index (χ0n) is 17.8. The molecule has 1 aromatic heterocycles. The van der Waals surface area contributed by atoms with Gasteiger partial charge in [0.15, 0.2) is 0 Å². The van der Waals surface area contributed by atoms with Gasteiger partial charge in [-0.05, 0) is 42.7 Å². The minimum Gasteiger partial charge on any atom is -0.419 e. The van der Waals surface area contributed by atoms with Crippen LogP contribution in [0.2, 0.25) is 5.02 Å². The highest BCUT2D eigenvalue weighted by Gasteiger charge is 2.32. The van der Waals surface area contributed by atoms with Gasteiger partial charge in [0.05, 0.1) is 0 Å². The molecule has 0 spiro atoms. The molecule has 0 radical (unpaired) electrons. The average molecular weight is 437 g/mol. The molecule has 1 unspecified atom stereocenters. The molecule has 1 aliphatic carbocycles. The lowest BCUT2D eigenvalue weighted by Gasteiger charge is -2.42. The first-order chi connectivity index (χ1) is 15.3. The van der Waals surface area contributed by atoms with Crippen LogP contribution in [0.3, 0.4) is 0 Å². The van der Waals surface area contributed by atoms with Crippen LogP contribution in [-0.4, -0.2) is 52.2 Å². The highest BCUT2D eigenvalue weighted by Crippen LogP contribution is 2.32. The van der Waals surface area contributed by atoms with Gasteiger partial charge in [0.25, 0.3) is 0 Å². The molecule has 5 nitrogen and oxygen atoms in total. The molecule has 2 fully saturated rings.